The van der Waals surface area contributed by atoms with Crippen LogP contribution < -0.4 is 5.32 Å². The molecule has 1 aliphatic rings. The van der Waals surface area contributed by atoms with Gasteiger partial charge in [-0.2, -0.15) is 0 Å². The van der Waals surface area contributed by atoms with Crippen molar-refractivity contribution in [3.8, 4) is 0 Å². The molecule has 9 heteroatoms. The number of ether oxygens (including phenoxy) is 5. The number of esters is 1. The van der Waals surface area contributed by atoms with E-state index in [4.69, 9.17) is 31.5 Å². The Kier molecular flexibility index (Phi) is 23.5. The van der Waals surface area contributed by atoms with Crippen molar-refractivity contribution in [1.29, 1.82) is 0 Å². The van der Waals surface area contributed by atoms with Gasteiger partial charge in [-0.1, -0.05) is 96.8 Å². The number of methoxy groups -OCH3 is 2. The van der Waals surface area contributed by atoms with Crippen LogP contribution in [-0.4, -0.2) is 84.6 Å². The maximum Gasteiger partial charge on any atom is 0.306 e. The quantitative estimate of drug-likeness (QED) is 0.0782. The Balaban J connectivity index is 1.88. The highest BCUT2D eigenvalue weighted by Gasteiger charge is 2.42. The van der Waals surface area contributed by atoms with Crippen molar-refractivity contribution in [3.05, 3.63) is 0 Å². The van der Waals surface area contributed by atoms with Gasteiger partial charge in [0.15, 0.2) is 6.61 Å². The van der Waals surface area contributed by atoms with E-state index in [9.17, 15) is 9.59 Å². The number of carbonyl (C=O) groups excluding carboxylic acids is 2. The fourth-order valence-corrected chi connectivity index (χ4v) is 5.11. The number of hydrogen-bond acceptors (Lipinski definition) is 7. The van der Waals surface area contributed by atoms with Crippen molar-refractivity contribution in [2.75, 3.05) is 40.6 Å². The summed E-state index contributed by atoms with van der Waals surface area (Å²) in [5.41, 5.74) is 0. The van der Waals surface area contributed by atoms with Gasteiger partial charge in [0.1, 0.15) is 26.2 Å². The van der Waals surface area contributed by atoms with Crippen LogP contribution in [0.3, 0.4) is 0 Å². The molecule has 0 aromatic heterocycles. The molecule has 0 aromatic carbocycles. The zero-order valence-corrected chi connectivity index (χ0v) is 25.8. The summed E-state index contributed by atoms with van der Waals surface area (Å²) < 4.78 is 27.4. The van der Waals surface area contributed by atoms with Crippen LogP contribution in [0.1, 0.15) is 122 Å². The Morgan fingerprint density at radius 1 is 0.775 bits per heavy atom. The molecule has 1 N–H and O–H groups in total. The molecule has 40 heavy (non-hydrogen) atoms. The molecule has 0 bridgehead atoms. The Morgan fingerprint density at radius 3 is 1.95 bits per heavy atom. The number of amides is 1. The summed E-state index contributed by atoms with van der Waals surface area (Å²) in [6.45, 7) is 3.62. The van der Waals surface area contributed by atoms with E-state index in [-0.39, 0.29) is 36.8 Å². The number of carbonyl (C=O) groups is 2. The number of unbranched alkanes of at least 4 members (excludes halogenated alkanes) is 15. The van der Waals surface area contributed by atoms with Gasteiger partial charge >= 0.3 is 5.97 Å². The molecule has 1 heterocycles. The van der Waals surface area contributed by atoms with Gasteiger partial charge in [0.2, 0.25) is 0 Å². The van der Waals surface area contributed by atoms with Crippen molar-refractivity contribution >= 4 is 19.7 Å². The summed E-state index contributed by atoms with van der Waals surface area (Å²) >= 11 is 0. The minimum Gasteiger partial charge on any atom is -0.456 e. The first-order chi connectivity index (χ1) is 19.5. The van der Waals surface area contributed by atoms with Gasteiger partial charge in [-0.3, -0.25) is 9.59 Å². The highest BCUT2D eigenvalue weighted by molar-refractivity contribution is 6.11. The van der Waals surface area contributed by atoms with Crippen LogP contribution >= 0.6 is 0 Å². The van der Waals surface area contributed by atoms with Crippen molar-refractivity contribution in [3.63, 3.8) is 0 Å². The summed E-state index contributed by atoms with van der Waals surface area (Å²) in [5.74, 6) is -0.525. The molecule has 232 valence electrons. The summed E-state index contributed by atoms with van der Waals surface area (Å²) in [6, 6.07) is -0.524. The van der Waals surface area contributed by atoms with Gasteiger partial charge in [-0.05, 0) is 19.3 Å². The van der Waals surface area contributed by atoms with E-state index in [1.165, 1.54) is 70.6 Å². The molecule has 1 rings (SSSR count). The van der Waals surface area contributed by atoms with E-state index < -0.39 is 6.00 Å². The van der Waals surface area contributed by atoms with Crippen molar-refractivity contribution < 1.29 is 33.3 Å². The lowest BCUT2D eigenvalue weighted by Gasteiger charge is -2.22. The molecule has 1 saturated heterocycles. The van der Waals surface area contributed by atoms with Crippen LogP contribution in [-0.2, 0) is 33.3 Å². The summed E-state index contributed by atoms with van der Waals surface area (Å²) in [4.78, 5) is 23.8. The van der Waals surface area contributed by atoms with E-state index in [1.54, 1.807) is 14.2 Å². The molecular formula is C31H58BNO7. The predicted octanol–water partition coefficient (Wildman–Crippen LogP) is 5.63. The van der Waals surface area contributed by atoms with E-state index in [0.717, 1.165) is 38.5 Å². The first kappa shape index (κ1) is 36.9. The average molecular weight is 568 g/mol. The summed E-state index contributed by atoms with van der Waals surface area (Å²) in [6.07, 6.45) is 19.8. The summed E-state index contributed by atoms with van der Waals surface area (Å²) in [5, 5.41) is 2.82. The van der Waals surface area contributed by atoms with Gasteiger partial charge in [0.25, 0.3) is 5.91 Å². The van der Waals surface area contributed by atoms with Crippen LogP contribution in [0.2, 0.25) is 0 Å². The third-order valence-corrected chi connectivity index (χ3v) is 7.50. The Morgan fingerprint density at radius 2 is 1.35 bits per heavy atom. The molecular weight excluding hydrogens is 509 g/mol. The molecule has 1 unspecified atom stereocenters. The minimum absolute atomic E-state index is 0.195. The van der Waals surface area contributed by atoms with Gasteiger partial charge in [0.05, 0.1) is 6.61 Å². The fraction of sp³-hybridized carbons (Fsp3) is 0.935. The van der Waals surface area contributed by atoms with Crippen LogP contribution in [0.4, 0.5) is 0 Å². The highest BCUT2D eigenvalue weighted by Crippen LogP contribution is 2.25. The molecule has 0 aromatic rings. The number of rotatable bonds is 27. The number of hydrogen-bond donors (Lipinski definition) is 1. The number of nitrogens with one attached hydrogen (secondary N) is 1. The normalized spacial score (nSPS) is 20.6. The van der Waals surface area contributed by atoms with Crippen molar-refractivity contribution in [2.45, 2.75) is 147 Å². The van der Waals surface area contributed by atoms with Gasteiger partial charge < -0.3 is 29.0 Å². The topological polar surface area (TPSA) is 92.3 Å². The third kappa shape index (κ3) is 18.3. The zero-order chi connectivity index (χ0) is 29.3. The molecule has 4 atom stereocenters. The standard InChI is InChI=1S/C31H58BNO7/c1-4-5-6-7-8-9-10-11-12-13-14-15-18-21-28(35)39-25-27(34)33-22-19-16-17-20-23-38-30-29(37-3)26(24-36-2)40-31(30)32/h26,29-31H,4-25H2,1-3H3,(H,33,34)/t26-,29?,30+,31-/m1/s1. The second-order valence-corrected chi connectivity index (χ2v) is 11.0. The van der Waals surface area contributed by atoms with E-state index >= 15 is 0 Å². The van der Waals surface area contributed by atoms with Crippen molar-refractivity contribution in [2.24, 2.45) is 0 Å². The lowest BCUT2D eigenvalue weighted by atomic mass is 9.92. The van der Waals surface area contributed by atoms with Crippen LogP contribution in [0, 0.1) is 0 Å². The maximum atomic E-state index is 11.9. The monoisotopic (exact) mass is 567 g/mol. The summed E-state index contributed by atoms with van der Waals surface area (Å²) in [7, 11) is 9.28. The van der Waals surface area contributed by atoms with E-state index in [0.29, 0.717) is 26.2 Å². The highest BCUT2D eigenvalue weighted by atomic mass is 16.6. The molecule has 8 nitrogen and oxygen atoms in total. The SMILES string of the molecule is [B][C@@H]1O[C@H](COC)C(OC)[C@@H]1OCCCCCCNC(=O)COC(=O)CCCCCCCCCCCCCCC. The smallest absolute Gasteiger partial charge is 0.306 e. The van der Waals surface area contributed by atoms with Gasteiger partial charge in [-0.15, -0.1) is 0 Å². The molecule has 1 fully saturated rings. The zero-order valence-electron chi connectivity index (χ0n) is 25.8. The Labute approximate surface area is 245 Å². The van der Waals surface area contributed by atoms with Crippen LogP contribution in [0.25, 0.3) is 0 Å². The molecule has 0 spiro atoms. The lowest BCUT2D eigenvalue weighted by molar-refractivity contribution is -0.148. The molecule has 0 saturated carbocycles. The second-order valence-electron chi connectivity index (χ2n) is 11.0. The van der Waals surface area contributed by atoms with E-state index in [2.05, 4.69) is 12.2 Å². The van der Waals surface area contributed by atoms with Gasteiger partial charge in [0, 0.05) is 39.8 Å². The fourth-order valence-electron chi connectivity index (χ4n) is 5.11. The largest absolute Gasteiger partial charge is 0.456 e. The first-order valence-corrected chi connectivity index (χ1v) is 16.0. The molecule has 1 aliphatic heterocycles. The predicted molar refractivity (Wildman–Crippen MR) is 160 cm³/mol. The molecule has 0 aliphatic carbocycles. The molecule has 1 amide bonds. The van der Waals surface area contributed by atoms with Crippen molar-refractivity contribution in [1.82, 2.24) is 5.32 Å². The third-order valence-electron chi connectivity index (χ3n) is 7.50. The lowest BCUT2D eigenvalue weighted by Crippen LogP contribution is -2.38. The van der Waals surface area contributed by atoms with Crippen LogP contribution in [0.5, 0.6) is 0 Å². The minimum atomic E-state index is -0.524. The maximum absolute atomic E-state index is 11.9. The molecule has 2 radical (unpaired) electrons. The first-order valence-electron chi connectivity index (χ1n) is 16.0. The Hall–Kier alpha value is -1.16. The van der Waals surface area contributed by atoms with Crippen LogP contribution in [0.15, 0.2) is 0 Å². The van der Waals surface area contributed by atoms with E-state index in [1.807, 2.05) is 0 Å². The average Bonchev–Trinajstić information content (AvgIpc) is 3.25. The Bertz CT molecular complexity index is 624. The van der Waals surface area contributed by atoms with Gasteiger partial charge in [-0.25, -0.2) is 0 Å². The second kappa shape index (κ2) is 25.5.